The summed E-state index contributed by atoms with van der Waals surface area (Å²) in [5, 5.41) is 0. The number of aliphatic imine (C=N–C) groups is 1. The Morgan fingerprint density at radius 3 is 2.37 bits per heavy atom. The van der Waals surface area contributed by atoms with Crippen LogP contribution in [0, 0.1) is 5.92 Å². The van der Waals surface area contributed by atoms with Gasteiger partial charge in [-0.2, -0.15) is 0 Å². The zero-order chi connectivity index (χ0) is 19.1. The van der Waals surface area contributed by atoms with E-state index in [1.54, 1.807) is 7.11 Å². The van der Waals surface area contributed by atoms with E-state index >= 15 is 0 Å². The maximum Gasteiger partial charge on any atom is 0.191 e. The molecule has 2 fully saturated rings. The van der Waals surface area contributed by atoms with E-state index in [0.29, 0.717) is 0 Å². The van der Waals surface area contributed by atoms with E-state index in [1.165, 1.54) is 18.5 Å². The van der Waals surface area contributed by atoms with Gasteiger partial charge in [-0.3, -0.25) is 9.89 Å². The van der Waals surface area contributed by atoms with Crippen LogP contribution in [-0.2, 0) is 0 Å². The first kappa shape index (κ1) is 19.8. The minimum absolute atomic E-state index is 0.742. The predicted octanol–water partition coefficient (Wildman–Crippen LogP) is 2.25. The van der Waals surface area contributed by atoms with Gasteiger partial charge in [0.2, 0.25) is 0 Å². The Morgan fingerprint density at radius 1 is 1.07 bits per heavy atom. The minimum Gasteiger partial charge on any atom is -0.497 e. The second kappa shape index (κ2) is 9.83. The molecule has 1 aromatic rings. The molecule has 2 heterocycles. The van der Waals surface area contributed by atoms with Gasteiger partial charge in [0, 0.05) is 58.0 Å². The zero-order valence-corrected chi connectivity index (χ0v) is 16.9. The maximum atomic E-state index is 6.16. The van der Waals surface area contributed by atoms with Gasteiger partial charge in [0.05, 0.1) is 7.11 Å². The third kappa shape index (κ3) is 5.76. The molecular formula is C21H35N5O. The molecule has 2 saturated heterocycles. The average molecular weight is 374 g/mol. The molecule has 6 nitrogen and oxygen atoms in total. The van der Waals surface area contributed by atoms with Crippen molar-refractivity contribution in [1.82, 2.24) is 9.80 Å². The smallest absolute Gasteiger partial charge is 0.191 e. The van der Waals surface area contributed by atoms with Crippen molar-refractivity contribution >= 4 is 11.6 Å². The molecule has 27 heavy (non-hydrogen) atoms. The number of benzene rings is 1. The first-order valence-electron chi connectivity index (χ1n) is 10.3. The Morgan fingerprint density at radius 2 is 1.74 bits per heavy atom. The minimum atomic E-state index is 0.742. The lowest BCUT2D eigenvalue weighted by molar-refractivity contribution is 0.255. The standard InChI is InChI=1S/C21H35N5O/c1-18-8-12-26(13-9-18)21(22)23-10-3-11-24-14-16-25(17-15-24)19-4-6-20(27-2)7-5-19/h4-7,18H,3,8-17H2,1-2H3,(H2,22,23). The second-order valence-electron chi connectivity index (χ2n) is 7.79. The van der Waals surface area contributed by atoms with Gasteiger partial charge in [0.15, 0.2) is 5.96 Å². The second-order valence-corrected chi connectivity index (χ2v) is 7.79. The van der Waals surface area contributed by atoms with Gasteiger partial charge < -0.3 is 20.3 Å². The number of hydrogen-bond donors (Lipinski definition) is 1. The molecule has 0 amide bonds. The van der Waals surface area contributed by atoms with Gasteiger partial charge in [-0.15, -0.1) is 0 Å². The van der Waals surface area contributed by atoms with Crippen molar-refractivity contribution < 1.29 is 4.74 Å². The number of hydrogen-bond acceptors (Lipinski definition) is 4. The van der Waals surface area contributed by atoms with Crippen LogP contribution < -0.4 is 15.4 Å². The number of methoxy groups -OCH3 is 1. The lowest BCUT2D eigenvalue weighted by atomic mass is 10.00. The molecule has 0 bridgehead atoms. The van der Waals surface area contributed by atoms with Crippen LogP contribution in [0.15, 0.2) is 29.3 Å². The normalized spacial score (nSPS) is 20.1. The summed E-state index contributed by atoms with van der Waals surface area (Å²) in [6.07, 6.45) is 3.54. The number of piperazine rings is 1. The Labute approximate surface area is 164 Å². The molecule has 2 aliphatic rings. The SMILES string of the molecule is COc1ccc(N2CCN(CCCN=C(N)N3CCC(C)CC3)CC2)cc1. The van der Waals surface area contributed by atoms with E-state index in [9.17, 15) is 0 Å². The molecule has 1 aromatic carbocycles. The van der Waals surface area contributed by atoms with Crippen molar-refractivity contribution in [2.75, 3.05) is 64.4 Å². The van der Waals surface area contributed by atoms with E-state index in [-0.39, 0.29) is 0 Å². The topological polar surface area (TPSA) is 57.3 Å². The van der Waals surface area contributed by atoms with Crippen molar-refractivity contribution in [3.8, 4) is 5.75 Å². The van der Waals surface area contributed by atoms with E-state index < -0.39 is 0 Å². The number of anilines is 1. The van der Waals surface area contributed by atoms with E-state index in [1.807, 2.05) is 12.1 Å². The van der Waals surface area contributed by atoms with Gasteiger partial charge in [-0.05, 0) is 49.4 Å². The molecule has 0 unspecified atom stereocenters. The largest absolute Gasteiger partial charge is 0.497 e. The Kier molecular flexibility index (Phi) is 7.21. The number of ether oxygens (including phenoxy) is 1. The number of nitrogens with two attached hydrogens (primary N) is 1. The van der Waals surface area contributed by atoms with Gasteiger partial charge in [0.1, 0.15) is 5.75 Å². The third-order valence-electron chi connectivity index (χ3n) is 5.82. The summed E-state index contributed by atoms with van der Waals surface area (Å²) >= 11 is 0. The molecule has 2 N–H and O–H groups in total. The molecule has 0 saturated carbocycles. The highest BCUT2D eigenvalue weighted by atomic mass is 16.5. The van der Waals surface area contributed by atoms with Gasteiger partial charge in [0.25, 0.3) is 0 Å². The molecule has 6 heteroatoms. The van der Waals surface area contributed by atoms with Gasteiger partial charge in [-0.25, -0.2) is 0 Å². The van der Waals surface area contributed by atoms with Crippen LogP contribution in [0.25, 0.3) is 0 Å². The number of likely N-dealkylation sites (tertiary alicyclic amines) is 1. The van der Waals surface area contributed by atoms with Gasteiger partial charge in [-0.1, -0.05) is 6.92 Å². The van der Waals surface area contributed by atoms with Gasteiger partial charge >= 0.3 is 0 Å². The monoisotopic (exact) mass is 373 g/mol. The summed E-state index contributed by atoms with van der Waals surface area (Å²) in [5.74, 6) is 2.48. The van der Waals surface area contributed by atoms with Crippen LogP contribution in [0.3, 0.4) is 0 Å². The quantitative estimate of drug-likeness (QED) is 0.471. The first-order valence-corrected chi connectivity index (χ1v) is 10.3. The van der Waals surface area contributed by atoms with E-state index in [2.05, 4.69) is 38.7 Å². The Balaban J connectivity index is 1.34. The third-order valence-corrected chi connectivity index (χ3v) is 5.82. The average Bonchev–Trinajstić information content (AvgIpc) is 2.72. The van der Waals surface area contributed by atoms with E-state index in [0.717, 1.165) is 76.4 Å². The molecule has 150 valence electrons. The summed E-state index contributed by atoms with van der Waals surface area (Å²) in [4.78, 5) is 11.8. The Bertz CT molecular complexity index is 587. The highest BCUT2D eigenvalue weighted by molar-refractivity contribution is 5.78. The number of rotatable bonds is 6. The number of piperidine rings is 1. The van der Waals surface area contributed by atoms with Crippen LogP contribution in [0.5, 0.6) is 5.75 Å². The predicted molar refractivity (Wildman–Crippen MR) is 113 cm³/mol. The number of nitrogens with zero attached hydrogens (tertiary/aromatic N) is 4. The highest BCUT2D eigenvalue weighted by Crippen LogP contribution is 2.20. The molecule has 0 atom stereocenters. The zero-order valence-electron chi connectivity index (χ0n) is 16.9. The van der Waals surface area contributed by atoms with E-state index in [4.69, 9.17) is 10.5 Å². The fourth-order valence-electron chi connectivity index (χ4n) is 3.85. The van der Waals surface area contributed by atoms with Crippen LogP contribution >= 0.6 is 0 Å². The highest BCUT2D eigenvalue weighted by Gasteiger charge is 2.18. The number of guanidine groups is 1. The molecule has 0 spiro atoms. The molecule has 0 radical (unpaired) electrons. The fourth-order valence-corrected chi connectivity index (χ4v) is 3.85. The lowest BCUT2D eigenvalue weighted by Gasteiger charge is -2.36. The van der Waals surface area contributed by atoms with Crippen molar-refractivity contribution in [2.45, 2.75) is 26.2 Å². The molecule has 3 rings (SSSR count). The molecule has 0 aromatic heterocycles. The molecule has 2 aliphatic heterocycles. The summed E-state index contributed by atoms with van der Waals surface area (Å²) in [5.41, 5.74) is 7.44. The van der Waals surface area contributed by atoms with Crippen molar-refractivity contribution in [2.24, 2.45) is 16.6 Å². The van der Waals surface area contributed by atoms with Crippen LogP contribution in [0.1, 0.15) is 26.2 Å². The summed E-state index contributed by atoms with van der Waals surface area (Å²) in [6, 6.07) is 8.36. The lowest BCUT2D eigenvalue weighted by Crippen LogP contribution is -2.46. The maximum absolute atomic E-state index is 6.16. The summed E-state index contributed by atoms with van der Waals surface area (Å²) in [6.45, 7) is 10.7. The summed E-state index contributed by atoms with van der Waals surface area (Å²) < 4.78 is 5.24. The molecular weight excluding hydrogens is 338 g/mol. The van der Waals surface area contributed by atoms with Crippen molar-refractivity contribution in [1.29, 1.82) is 0 Å². The Hall–Kier alpha value is -1.95. The van der Waals surface area contributed by atoms with Crippen LogP contribution in [-0.4, -0.2) is 75.2 Å². The van der Waals surface area contributed by atoms with Crippen LogP contribution in [0.4, 0.5) is 5.69 Å². The van der Waals surface area contributed by atoms with Crippen molar-refractivity contribution in [3.05, 3.63) is 24.3 Å². The molecule has 0 aliphatic carbocycles. The van der Waals surface area contributed by atoms with Crippen LogP contribution in [0.2, 0.25) is 0 Å². The first-order chi connectivity index (χ1) is 13.2. The fraction of sp³-hybridized carbons (Fsp3) is 0.667. The van der Waals surface area contributed by atoms with Crippen molar-refractivity contribution in [3.63, 3.8) is 0 Å². The summed E-state index contributed by atoms with van der Waals surface area (Å²) in [7, 11) is 1.71.